The Hall–Kier alpha value is -2.35. The summed E-state index contributed by atoms with van der Waals surface area (Å²) in [5.41, 5.74) is 1.09. The maximum Gasteiger partial charge on any atom is 0.309 e. The molecular weight excluding hydrogens is 256 g/mol. The van der Waals surface area contributed by atoms with Crippen molar-refractivity contribution < 1.29 is 14.3 Å². The number of amides is 1. The first-order valence-corrected chi connectivity index (χ1v) is 6.61. The minimum absolute atomic E-state index is 0.0415. The smallest absolute Gasteiger partial charge is 0.309 e. The number of rotatable bonds is 4. The molecule has 0 aromatic heterocycles. The lowest BCUT2D eigenvalue weighted by molar-refractivity contribution is -0.159. The van der Waals surface area contributed by atoms with Gasteiger partial charge in [0.15, 0.2) is 6.10 Å². The SMILES string of the molecule is C[C@@H](OC(=O)C1CCC1)C(=O)Nc1ccc(C#N)cc1. The largest absolute Gasteiger partial charge is 0.452 e. The number of hydrogen-bond acceptors (Lipinski definition) is 4. The summed E-state index contributed by atoms with van der Waals surface area (Å²) in [6.07, 6.45) is 1.93. The van der Waals surface area contributed by atoms with E-state index in [1.54, 1.807) is 31.2 Å². The van der Waals surface area contributed by atoms with Crippen molar-refractivity contribution in [2.45, 2.75) is 32.3 Å². The molecule has 1 aromatic rings. The van der Waals surface area contributed by atoms with Crippen LogP contribution in [-0.4, -0.2) is 18.0 Å². The number of nitrogens with zero attached hydrogens (tertiary/aromatic N) is 1. The fourth-order valence-corrected chi connectivity index (χ4v) is 1.84. The van der Waals surface area contributed by atoms with Gasteiger partial charge in [-0.2, -0.15) is 5.26 Å². The van der Waals surface area contributed by atoms with E-state index in [0.717, 1.165) is 19.3 Å². The van der Waals surface area contributed by atoms with Crippen LogP contribution in [-0.2, 0) is 14.3 Å². The normalized spacial score (nSPS) is 15.6. The van der Waals surface area contributed by atoms with Gasteiger partial charge in [0.05, 0.1) is 17.6 Å². The van der Waals surface area contributed by atoms with Crippen molar-refractivity contribution in [1.29, 1.82) is 5.26 Å². The number of nitriles is 1. The van der Waals surface area contributed by atoms with Crippen LogP contribution in [0.25, 0.3) is 0 Å². The van der Waals surface area contributed by atoms with Crippen LogP contribution in [0.4, 0.5) is 5.69 Å². The molecular formula is C15H16N2O3. The summed E-state index contributed by atoms with van der Waals surface area (Å²) in [7, 11) is 0. The van der Waals surface area contributed by atoms with E-state index < -0.39 is 6.10 Å². The summed E-state index contributed by atoms with van der Waals surface area (Å²) < 4.78 is 5.13. The quantitative estimate of drug-likeness (QED) is 0.852. The first-order chi connectivity index (χ1) is 9.60. The molecule has 1 saturated carbocycles. The number of hydrogen-bond donors (Lipinski definition) is 1. The highest BCUT2D eigenvalue weighted by molar-refractivity contribution is 5.95. The van der Waals surface area contributed by atoms with Crippen LogP contribution in [0.3, 0.4) is 0 Å². The molecule has 104 valence electrons. The zero-order valence-corrected chi connectivity index (χ0v) is 11.3. The summed E-state index contributed by atoms with van der Waals surface area (Å²) in [6, 6.07) is 8.49. The van der Waals surface area contributed by atoms with Crippen molar-refractivity contribution in [1.82, 2.24) is 0 Å². The van der Waals surface area contributed by atoms with Gasteiger partial charge >= 0.3 is 5.97 Å². The summed E-state index contributed by atoms with van der Waals surface area (Å²) in [5, 5.41) is 11.3. The third-order valence-corrected chi connectivity index (χ3v) is 3.38. The molecule has 0 heterocycles. The average Bonchev–Trinajstić information content (AvgIpc) is 2.37. The van der Waals surface area contributed by atoms with Gasteiger partial charge < -0.3 is 10.1 Å². The van der Waals surface area contributed by atoms with Crippen molar-refractivity contribution in [2.75, 3.05) is 5.32 Å². The molecule has 5 nitrogen and oxygen atoms in total. The zero-order valence-electron chi connectivity index (χ0n) is 11.3. The Morgan fingerprint density at radius 3 is 2.50 bits per heavy atom. The maximum atomic E-state index is 11.9. The molecule has 0 radical (unpaired) electrons. The van der Waals surface area contributed by atoms with E-state index in [1.807, 2.05) is 6.07 Å². The Kier molecular flexibility index (Phi) is 4.36. The summed E-state index contributed by atoms with van der Waals surface area (Å²) >= 11 is 0. The third kappa shape index (κ3) is 3.35. The van der Waals surface area contributed by atoms with E-state index >= 15 is 0 Å². The summed E-state index contributed by atoms with van der Waals surface area (Å²) in [5.74, 6) is -0.707. The molecule has 1 aliphatic carbocycles. The molecule has 0 bridgehead atoms. The first kappa shape index (κ1) is 14.1. The zero-order chi connectivity index (χ0) is 14.5. The van der Waals surface area contributed by atoms with Gasteiger partial charge in [-0.3, -0.25) is 9.59 Å². The van der Waals surface area contributed by atoms with Crippen LogP contribution in [0, 0.1) is 17.2 Å². The number of carbonyl (C=O) groups excluding carboxylic acids is 2. The van der Waals surface area contributed by atoms with Gasteiger partial charge in [-0.1, -0.05) is 6.42 Å². The number of esters is 1. The minimum Gasteiger partial charge on any atom is -0.452 e. The number of nitrogens with one attached hydrogen (secondary N) is 1. The molecule has 1 aromatic carbocycles. The highest BCUT2D eigenvalue weighted by Gasteiger charge is 2.29. The molecule has 0 aliphatic heterocycles. The number of anilines is 1. The Morgan fingerprint density at radius 2 is 2.00 bits per heavy atom. The van der Waals surface area contributed by atoms with Crippen molar-refractivity contribution in [2.24, 2.45) is 5.92 Å². The molecule has 1 amide bonds. The number of ether oxygens (including phenoxy) is 1. The molecule has 1 fully saturated rings. The molecule has 1 N–H and O–H groups in total. The van der Waals surface area contributed by atoms with E-state index in [1.165, 1.54) is 0 Å². The molecule has 0 spiro atoms. The Bertz CT molecular complexity index is 541. The van der Waals surface area contributed by atoms with E-state index in [9.17, 15) is 9.59 Å². The van der Waals surface area contributed by atoms with Gasteiger partial charge in [-0.25, -0.2) is 0 Å². The van der Waals surface area contributed by atoms with Gasteiger partial charge in [0.25, 0.3) is 5.91 Å². The fraction of sp³-hybridized carbons (Fsp3) is 0.400. The first-order valence-electron chi connectivity index (χ1n) is 6.61. The van der Waals surface area contributed by atoms with Crippen molar-refractivity contribution >= 4 is 17.6 Å². The summed E-state index contributed by atoms with van der Waals surface area (Å²) in [6.45, 7) is 1.55. The fourth-order valence-electron chi connectivity index (χ4n) is 1.84. The Labute approximate surface area is 117 Å². The van der Waals surface area contributed by atoms with Gasteiger partial charge in [0, 0.05) is 5.69 Å². The highest BCUT2D eigenvalue weighted by atomic mass is 16.5. The molecule has 0 unspecified atom stereocenters. The molecule has 2 rings (SSSR count). The number of carbonyl (C=O) groups is 2. The lowest BCUT2D eigenvalue weighted by Gasteiger charge is -2.24. The van der Waals surface area contributed by atoms with Crippen LogP contribution in [0.2, 0.25) is 0 Å². The second-order valence-electron chi connectivity index (χ2n) is 4.89. The maximum absolute atomic E-state index is 11.9. The average molecular weight is 272 g/mol. The predicted octanol–water partition coefficient (Wildman–Crippen LogP) is 2.23. The van der Waals surface area contributed by atoms with Crippen molar-refractivity contribution in [3.05, 3.63) is 29.8 Å². The minimum atomic E-state index is -0.821. The number of benzene rings is 1. The van der Waals surface area contributed by atoms with Crippen LogP contribution in [0.15, 0.2) is 24.3 Å². The van der Waals surface area contributed by atoms with Crippen LogP contribution >= 0.6 is 0 Å². The molecule has 1 aliphatic rings. The topological polar surface area (TPSA) is 79.2 Å². The second-order valence-corrected chi connectivity index (χ2v) is 4.89. The molecule has 5 heteroatoms. The Balaban J connectivity index is 1.86. The van der Waals surface area contributed by atoms with Crippen molar-refractivity contribution in [3.8, 4) is 6.07 Å². The van der Waals surface area contributed by atoms with E-state index in [2.05, 4.69) is 5.32 Å². The van der Waals surface area contributed by atoms with Crippen molar-refractivity contribution in [3.63, 3.8) is 0 Å². The van der Waals surface area contributed by atoms with E-state index in [-0.39, 0.29) is 17.8 Å². The van der Waals surface area contributed by atoms with E-state index in [0.29, 0.717) is 11.3 Å². The Morgan fingerprint density at radius 1 is 1.35 bits per heavy atom. The van der Waals surface area contributed by atoms with E-state index in [4.69, 9.17) is 10.00 Å². The molecule has 0 saturated heterocycles. The van der Waals surface area contributed by atoms with Crippen LogP contribution in [0.5, 0.6) is 0 Å². The lowest BCUT2D eigenvalue weighted by Crippen LogP contribution is -2.34. The molecule has 20 heavy (non-hydrogen) atoms. The van der Waals surface area contributed by atoms with Gasteiger partial charge in [-0.15, -0.1) is 0 Å². The van der Waals surface area contributed by atoms with Gasteiger partial charge in [-0.05, 0) is 44.0 Å². The highest BCUT2D eigenvalue weighted by Crippen LogP contribution is 2.27. The van der Waals surface area contributed by atoms with Gasteiger partial charge in [0.2, 0.25) is 0 Å². The molecule has 1 atom stereocenters. The second kappa shape index (κ2) is 6.20. The monoisotopic (exact) mass is 272 g/mol. The van der Waals surface area contributed by atoms with Crippen LogP contribution < -0.4 is 5.32 Å². The standard InChI is InChI=1S/C15H16N2O3/c1-10(20-15(19)12-3-2-4-12)14(18)17-13-7-5-11(9-16)6-8-13/h5-8,10,12H,2-4H2,1H3,(H,17,18)/t10-/m1/s1. The van der Waals surface area contributed by atoms with Gasteiger partial charge in [0.1, 0.15) is 0 Å². The predicted molar refractivity (Wildman–Crippen MR) is 72.7 cm³/mol. The third-order valence-electron chi connectivity index (χ3n) is 3.38. The van der Waals surface area contributed by atoms with Crippen LogP contribution in [0.1, 0.15) is 31.7 Å². The summed E-state index contributed by atoms with van der Waals surface area (Å²) in [4.78, 5) is 23.5. The lowest BCUT2D eigenvalue weighted by atomic mass is 9.86.